The predicted molar refractivity (Wildman–Crippen MR) is 76.9 cm³/mol. The second-order valence-corrected chi connectivity index (χ2v) is 5.31. The lowest BCUT2D eigenvalue weighted by atomic mass is 10.0. The molecule has 0 bridgehead atoms. The smallest absolute Gasteiger partial charge is 0.137 e. The number of hydrogen-bond donors (Lipinski definition) is 0. The van der Waals surface area contributed by atoms with Crippen LogP contribution in [-0.2, 0) is 11.2 Å². The maximum atomic E-state index is 11.8. The van der Waals surface area contributed by atoms with Gasteiger partial charge in [-0.1, -0.05) is 36.2 Å². The Hall–Kier alpha value is -1.15. The molecule has 2 nitrogen and oxygen atoms in total. The highest BCUT2D eigenvalue weighted by Gasteiger charge is 2.03. The lowest BCUT2D eigenvalue weighted by Crippen LogP contribution is -2.12. The minimum absolute atomic E-state index is 0.365. The van der Waals surface area contributed by atoms with Crippen molar-refractivity contribution in [1.82, 2.24) is 4.90 Å². The van der Waals surface area contributed by atoms with E-state index in [1.54, 1.807) is 0 Å². The van der Waals surface area contributed by atoms with Crippen LogP contribution in [0, 0.1) is 6.92 Å². The van der Waals surface area contributed by atoms with Crippen molar-refractivity contribution in [2.75, 3.05) is 20.6 Å². The first-order chi connectivity index (χ1) is 8.58. The van der Waals surface area contributed by atoms with E-state index >= 15 is 0 Å². The number of rotatable bonds is 8. The van der Waals surface area contributed by atoms with Crippen LogP contribution in [0.2, 0.25) is 0 Å². The molecule has 0 radical (unpaired) electrons. The predicted octanol–water partition coefficient (Wildman–Crippen LogP) is 3.23. The summed E-state index contributed by atoms with van der Waals surface area (Å²) in [5.74, 6) is 0.365. The third-order valence-corrected chi connectivity index (χ3v) is 3.08. The lowest BCUT2D eigenvalue weighted by molar-refractivity contribution is -0.118. The number of benzene rings is 1. The molecule has 2 heteroatoms. The van der Waals surface area contributed by atoms with Crippen molar-refractivity contribution in [1.29, 1.82) is 0 Å². The minimum atomic E-state index is 0.365. The first kappa shape index (κ1) is 14.9. The number of carbonyl (C=O) groups excluding carboxylic acids is 1. The largest absolute Gasteiger partial charge is 0.309 e. The Morgan fingerprint density at radius 3 is 2.33 bits per heavy atom. The van der Waals surface area contributed by atoms with Crippen LogP contribution in [0.1, 0.15) is 36.8 Å². The lowest BCUT2D eigenvalue weighted by Gasteiger charge is -2.08. The molecule has 0 aliphatic heterocycles. The van der Waals surface area contributed by atoms with Gasteiger partial charge in [-0.15, -0.1) is 0 Å². The third kappa shape index (κ3) is 6.55. The monoisotopic (exact) mass is 247 g/mol. The molecule has 0 aliphatic carbocycles. The summed E-state index contributed by atoms with van der Waals surface area (Å²) in [4.78, 5) is 14.0. The molecule has 0 saturated heterocycles. The van der Waals surface area contributed by atoms with E-state index in [1.165, 1.54) is 12.0 Å². The molecule has 1 aromatic rings. The van der Waals surface area contributed by atoms with E-state index in [-0.39, 0.29) is 0 Å². The van der Waals surface area contributed by atoms with Crippen LogP contribution in [-0.4, -0.2) is 31.3 Å². The number of ketones is 1. The molecular weight excluding hydrogens is 222 g/mol. The van der Waals surface area contributed by atoms with Gasteiger partial charge in [0, 0.05) is 12.8 Å². The first-order valence-electron chi connectivity index (χ1n) is 6.80. The van der Waals surface area contributed by atoms with Crippen LogP contribution in [0.25, 0.3) is 0 Å². The van der Waals surface area contributed by atoms with Gasteiger partial charge in [-0.3, -0.25) is 4.79 Å². The topological polar surface area (TPSA) is 20.3 Å². The summed E-state index contributed by atoms with van der Waals surface area (Å²) in [5.41, 5.74) is 2.38. The highest BCUT2D eigenvalue weighted by atomic mass is 16.1. The minimum Gasteiger partial charge on any atom is -0.309 e. The molecule has 0 aliphatic rings. The zero-order chi connectivity index (χ0) is 13.4. The summed E-state index contributed by atoms with van der Waals surface area (Å²) in [5, 5.41) is 0. The van der Waals surface area contributed by atoms with Crippen molar-refractivity contribution >= 4 is 5.78 Å². The van der Waals surface area contributed by atoms with Crippen molar-refractivity contribution in [3.63, 3.8) is 0 Å². The average Bonchev–Trinajstić information content (AvgIpc) is 2.31. The van der Waals surface area contributed by atoms with Crippen LogP contribution in [0.15, 0.2) is 24.3 Å². The van der Waals surface area contributed by atoms with E-state index in [1.807, 2.05) is 0 Å². The van der Waals surface area contributed by atoms with Gasteiger partial charge in [0.1, 0.15) is 5.78 Å². The number of Topliss-reactive ketones (excluding diaryl/α,β-unsaturated/α-hetero) is 1. The maximum Gasteiger partial charge on any atom is 0.137 e. The van der Waals surface area contributed by atoms with E-state index in [2.05, 4.69) is 50.2 Å². The van der Waals surface area contributed by atoms with Crippen molar-refractivity contribution in [2.45, 2.75) is 39.0 Å². The van der Waals surface area contributed by atoms with Crippen molar-refractivity contribution in [3.05, 3.63) is 35.4 Å². The number of hydrogen-bond acceptors (Lipinski definition) is 2. The van der Waals surface area contributed by atoms with Crippen molar-refractivity contribution in [3.8, 4) is 0 Å². The Morgan fingerprint density at radius 1 is 1.06 bits per heavy atom. The highest BCUT2D eigenvalue weighted by molar-refractivity contribution is 5.80. The van der Waals surface area contributed by atoms with Crippen molar-refractivity contribution in [2.24, 2.45) is 0 Å². The van der Waals surface area contributed by atoms with Crippen LogP contribution in [0.5, 0.6) is 0 Å². The fourth-order valence-electron chi connectivity index (χ4n) is 1.95. The molecule has 1 aromatic carbocycles. The summed E-state index contributed by atoms with van der Waals surface area (Å²) in [6.45, 7) is 3.18. The molecule has 0 saturated carbocycles. The number of carbonyl (C=O) groups is 1. The number of nitrogens with zero attached hydrogens (tertiary/aromatic N) is 1. The van der Waals surface area contributed by atoms with E-state index < -0.39 is 0 Å². The van der Waals surface area contributed by atoms with Crippen molar-refractivity contribution < 1.29 is 4.79 Å². The van der Waals surface area contributed by atoms with Gasteiger partial charge < -0.3 is 4.90 Å². The molecular formula is C16H25NO. The van der Waals surface area contributed by atoms with Gasteiger partial charge in [0.15, 0.2) is 0 Å². The second kappa shape index (κ2) is 8.04. The van der Waals surface area contributed by atoms with Gasteiger partial charge in [-0.2, -0.15) is 0 Å². The summed E-state index contributed by atoms with van der Waals surface area (Å²) >= 11 is 0. The van der Waals surface area contributed by atoms with Gasteiger partial charge in [0.05, 0.1) is 0 Å². The zero-order valence-corrected chi connectivity index (χ0v) is 11.9. The SMILES string of the molecule is Cc1ccc(CC(=O)CCCCCN(C)C)cc1. The summed E-state index contributed by atoms with van der Waals surface area (Å²) in [7, 11) is 4.17. The summed E-state index contributed by atoms with van der Waals surface area (Å²) in [6, 6.07) is 8.25. The molecule has 100 valence electrons. The molecule has 0 amide bonds. The standard InChI is InChI=1S/C16H25NO/c1-14-8-10-15(11-9-14)13-16(18)7-5-4-6-12-17(2)3/h8-11H,4-7,12-13H2,1-3H3. The second-order valence-electron chi connectivity index (χ2n) is 5.31. The molecule has 0 unspecified atom stereocenters. The Labute approximate surface area is 111 Å². The van der Waals surface area contributed by atoms with Gasteiger partial charge in [0.2, 0.25) is 0 Å². The molecule has 0 heterocycles. The fourth-order valence-corrected chi connectivity index (χ4v) is 1.95. The van der Waals surface area contributed by atoms with Gasteiger partial charge >= 0.3 is 0 Å². The van der Waals surface area contributed by atoms with E-state index in [0.717, 1.165) is 31.4 Å². The first-order valence-corrected chi connectivity index (χ1v) is 6.80. The number of aryl methyl sites for hydroxylation is 1. The highest BCUT2D eigenvalue weighted by Crippen LogP contribution is 2.08. The molecule has 0 atom stereocenters. The summed E-state index contributed by atoms with van der Waals surface area (Å²) in [6.07, 6.45) is 4.68. The Kier molecular flexibility index (Phi) is 6.66. The quantitative estimate of drug-likeness (QED) is 0.657. The van der Waals surface area contributed by atoms with Crippen LogP contribution >= 0.6 is 0 Å². The fraction of sp³-hybridized carbons (Fsp3) is 0.562. The van der Waals surface area contributed by atoms with E-state index in [0.29, 0.717) is 12.2 Å². The molecule has 0 aromatic heterocycles. The molecule has 1 rings (SSSR count). The Balaban J connectivity index is 2.16. The zero-order valence-electron chi connectivity index (χ0n) is 11.9. The van der Waals surface area contributed by atoms with E-state index in [4.69, 9.17) is 0 Å². The number of unbranched alkanes of at least 4 members (excludes halogenated alkanes) is 2. The van der Waals surface area contributed by atoms with Crippen LogP contribution in [0.3, 0.4) is 0 Å². The Morgan fingerprint density at radius 2 is 1.72 bits per heavy atom. The molecule has 18 heavy (non-hydrogen) atoms. The average molecular weight is 247 g/mol. The molecule has 0 N–H and O–H groups in total. The maximum absolute atomic E-state index is 11.8. The molecule has 0 fully saturated rings. The Bertz CT molecular complexity index is 354. The van der Waals surface area contributed by atoms with Gasteiger partial charge in [0.25, 0.3) is 0 Å². The molecule has 0 spiro atoms. The summed E-state index contributed by atoms with van der Waals surface area (Å²) < 4.78 is 0. The third-order valence-electron chi connectivity index (χ3n) is 3.08. The van der Waals surface area contributed by atoms with Gasteiger partial charge in [-0.25, -0.2) is 0 Å². The van der Waals surface area contributed by atoms with Gasteiger partial charge in [-0.05, 0) is 46.0 Å². The van der Waals surface area contributed by atoms with Crippen LogP contribution in [0.4, 0.5) is 0 Å². The van der Waals surface area contributed by atoms with Crippen LogP contribution < -0.4 is 0 Å². The normalized spacial score (nSPS) is 10.9. The van der Waals surface area contributed by atoms with E-state index in [9.17, 15) is 4.79 Å².